The van der Waals surface area contributed by atoms with Crippen molar-refractivity contribution < 1.29 is 0 Å². The number of hydrogen-bond donors (Lipinski definition) is 0. The summed E-state index contributed by atoms with van der Waals surface area (Å²) in [6, 6.07) is 0. The van der Waals surface area contributed by atoms with Gasteiger partial charge in [0.25, 0.3) is 0 Å². The highest BCUT2D eigenvalue weighted by molar-refractivity contribution is 14.1. The third-order valence-electron chi connectivity index (χ3n) is 2.67. The fourth-order valence-corrected chi connectivity index (χ4v) is 2.35. The Morgan fingerprint density at radius 1 is 1.06 bits per heavy atom. The first kappa shape index (κ1) is 16.0. The fourth-order valence-electron chi connectivity index (χ4n) is 1.64. The molecule has 0 aromatic rings. The van der Waals surface area contributed by atoms with Crippen molar-refractivity contribution in [1.29, 1.82) is 0 Å². The molecular weight excluding hydrogens is 307 g/mol. The molecule has 0 bridgehead atoms. The van der Waals surface area contributed by atoms with Gasteiger partial charge in [0.1, 0.15) is 0 Å². The smallest absolute Gasteiger partial charge is 0.0166 e. The predicted molar refractivity (Wildman–Crippen MR) is 84.1 cm³/mol. The molecule has 0 N–H and O–H groups in total. The van der Waals surface area contributed by atoms with Crippen LogP contribution in [0.2, 0.25) is 0 Å². The van der Waals surface area contributed by atoms with E-state index in [2.05, 4.69) is 53.2 Å². The van der Waals surface area contributed by atoms with Gasteiger partial charge in [-0.3, -0.25) is 0 Å². The van der Waals surface area contributed by atoms with E-state index < -0.39 is 0 Å². The zero-order chi connectivity index (χ0) is 12.2. The number of hydrogen-bond acceptors (Lipinski definition) is 0. The molecule has 0 rings (SSSR count). The van der Waals surface area contributed by atoms with Gasteiger partial charge in [0.05, 0.1) is 0 Å². The summed E-state index contributed by atoms with van der Waals surface area (Å²) in [7, 11) is 0. The standard InChI is InChI=1S/C15H25I/c1-4-7-10-14(11-8-5-2)15(13-16)12-9-6-3/h4,10,13H,1,5-9,11-12H2,2-3H3/b14-10-,15-13-. The fraction of sp³-hybridized carbons (Fsp3) is 0.600. The lowest BCUT2D eigenvalue weighted by atomic mass is 9.96. The average molecular weight is 332 g/mol. The highest BCUT2D eigenvalue weighted by Crippen LogP contribution is 2.24. The van der Waals surface area contributed by atoms with Crippen molar-refractivity contribution in [2.45, 2.75) is 58.8 Å². The Balaban J connectivity index is 4.49. The van der Waals surface area contributed by atoms with E-state index in [4.69, 9.17) is 0 Å². The molecule has 0 spiro atoms. The van der Waals surface area contributed by atoms with Crippen molar-refractivity contribution in [3.05, 3.63) is 34.0 Å². The minimum atomic E-state index is 0.999. The van der Waals surface area contributed by atoms with Crippen LogP contribution in [-0.4, -0.2) is 0 Å². The molecule has 0 aliphatic carbocycles. The second-order valence-corrected chi connectivity index (χ2v) is 4.72. The second kappa shape index (κ2) is 11.4. The Labute approximate surface area is 115 Å². The third kappa shape index (κ3) is 7.26. The normalized spacial score (nSPS) is 12.9. The monoisotopic (exact) mass is 332 g/mol. The van der Waals surface area contributed by atoms with E-state index in [9.17, 15) is 0 Å². The van der Waals surface area contributed by atoms with Crippen molar-refractivity contribution in [2.75, 3.05) is 0 Å². The molecule has 92 valence electrons. The third-order valence-corrected chi connectivity index (χ3v) is 3.43. The van der Waals surface area contributed by atoms with Gasteiger partial charge in [0.15, 0.2) is 0 Å². The molecule has 0 radical (unpaired) electrons. The van der Waals surface area contributed by atoms with Crippen LogP contribution in [0, 0.1) is 0 Å². The van der Waals surface area contributed by atoms with E-state index in [1.807, 2.05) is 6.08 Å². The summed E-state index contributed by atoms with van der Waals surface area (Å²) in [5, 5.41) is 0. The van der Waals surface area contributed by atoms with Crippen molar-refractivity contribution >= 4 is 22.6 Å². The maximum atomic E-state index is 3.79. The lowest BCUT2D eigenvalue weighted by Crippen LogP contribution is -1.91. The maximum absolute atomic E-state index is 3.79. The molecule has 0 aliphatic heterocycles. The van der Waals surface area contributed by atoms with Crippen molar-refractivity contribution in [3.8, 4) is 0 Å². The van der Waals surface area contributed by atoms with Crippen LogP contribution in [0.1, 0.15) is 58.8 Å². The second-order valence-electron chi connectivity index (χ2n) is 4.10. The molecular formula is C15H25I. The molecule has 0 saturated heterocycles. The predicted octanol–water partition coefficient (Wildman–Crippen LogP) is 6.19. The first-order valence-corrected chi connectivity index (χ1v) is 7.64. The Bertz CT molecular complexity index is 236. The first-order valence-electron chi connectivity index (χ1n) is 6.39. The Morgan fingerprint density at radius 3 is 2.06 bits per heavy atom. The van der Waals surface area contributed by atoms with Crippen molar-refractivity contribution in [1.82, 2.24) is 0 Å². The Hall–Kier alpha value is -0.0500. The molecule has 0 aliphatic rings. The Morgan fingerprint density at radius 2 is 1.62 bits per heavy atom. The van der Waals surface area contributed by atoms with Gasteiger partial charge < -0.3 is 0 Å². The zero-order valence-corrected chi connectivity index (χ0v) is 12.9. The summed E-state index contributed by atoms with van der Waals surface area (Å²) in [6.07, 6.45) is 12.9. The summed E-state index contributed by atoms with van der Waals surface area (Å²) >= 11 is 2.38. The molecule has 0 saturated carbocycles. The number of halogens is 1. The Kier molecular flexibility index (Phi) is 11.4. The molecule has 0 fully saturated rings. The van der Waals surface area contributed by atoms with Crippen LogP contribution < -0.4 is 0 Å². The molecule has 0 nitrogen and oxygen atoms in total. The molecule has 0 heterocycles. The average Bonchev–Trinajstić information content (AvgIpc) is 2.32. The number of unbranched alkanes of at least 4 members (excludes halogenated alkanes) is 2. The quantitative estimate of drug-likeness (QED) is 0.268. The number of allylic oxidation sites excluding steroid dienone is 4. The summed E-state index contributed by atoms with van der Waals surface area (Å²) in [5.74, 6) is 0. The molecule has 0 atom stereocenters. The highest BCUT2D eigenvalue weighted by Gasteiger charge is 2.03. The lowest BCUT2D eigenvalue weighted by Gasteiger charge is -2.11. The van der Waals surface area contributed by atoms with Crippen molar-refractivity contribution in [3.63, 3.8) is 0 Å². The van der Waals surface area contributed by atoms with E-state index in [0.29, 0.717) is 0 Å². The maximum Gasteiger partial charge on any atom is -0.0166 e. The van der Waals surface area contributed by atoms with Crippen LogP contribution >= 0.6 is 22.6 Å². The van der Waals surface area contributed by atoms with Gasteiger partial charge >= 0.3 is 0 Å². The highest BCUT2D eigenvalue weighted by atomic mass is 127. The first-order chi connectivity index (χ1) is 7.79. The van der Waals surface area contributed by atoms with Crippen LogP contribution in [-0.2, 0) is 0 Å². The largest absolute Gasteiger partial charge is 0.103 e. The lowest BCUT2D eigenvalue weighted by molar-refractivity contribution is 0.752. The van der Waals surface area contributed by atoms with Crippen LogP contribution in [0.25, 0.3) is 0 Å². The van der Waals surface area contributed by atoms with Gasteiger partial charge in [-0.1, -0.05) is 61.4 Å². The summed E-state index contributed by atoms with van der Waals surface area (Å²) in [6.45, 7) is 8.30. The van der Waals surface area contributed by atoms with Gasteiger partial charge in [0.2, 0.25) is 0 Å². The summed E-state index contributed by atoms with van der Waals surface area (Å²) in [4.78, 5) is 0. The summed E-state index contributed by atoms with van der Waals surface area (Å²) < 4.78 is 2.26. The van der Waals surface area contributed by atoms with Gasteiger partial charge in [-0.15, -0.1) is 6.58 Å². The van der Waals surface area contributed by atoms with Crippen molar-refractivity contribution in [2.24, 2.45) is 0 Å². The van der Waals surface area contributed by atoms with Crippen LogP contribution in [0.15, 0.2) is 34.0 Å². The molecule has 1 heteroatoms. The van der Waals surface area contributed by atoms with Gasteiger partial charge in [0, 0.05) is 0 Å². The van der Waals surface area contributed by atoms with Gasteiger partial charge in [-0.25, -0.2) is 0 Å². The molecule has 16 heavy (non-hydrogen) atoms. The van der Waals surface area contributed by atoms with E-state index in [1.54, 1.807) is 5.57 Å². The molecule has 0 aromatic heterocycles. The summed E-state index contributed by atoms with van der Waals surface area (Å²) in [5.41, 5.74) is 3.09. The molecule has 0 amide bonds. The molecule has 0 unspecified atom stereocenters. The SMILES string of the molecule is C=CC/C=C(CCCC)\C(=C/I)CCCC. The topological polar surface area (TPSA) is 0 Å². The van der Waals surface area contributed by atoms with Gasteiger partial charge in [-0.2, -0.15) is 0 Å². The minimum absolute atomic E-state index is 0.999. The van der Waals surface area contributed by atoms with Crippen LogP contribution in [0.5, 0.6) is 0 Å². The van der Waals surface area contributed by atoms with E-state index in [1.165, 1.54) is 44.1 Å². The van der Waals surface area contributed by atoms with Crippen LogP contribution in [0.3, 0.4) is 0 Å². The zero-order valence-electron chi connectivity index (χ0n) is 10.8. The minimum Gasteiger partial charge on any atom is -0.103 e. The number of rotatable bonds is 9. The van der Waals surface area contributed by atoms with E-state index in [-0.39, 0.29) is 0 Å². The molecule has 0 aromatic carbocycles. The van der Waals surface area contributed by atoms with Gasteiger partial charge in [-0.05, 0) is 47.3 Å². The van der Waals surface area contributed by atoms with Crippen LogP contribution in [0.4, 0.5) is 0 Å². The van der Waals surface area contributed by atoms with E-state index in [0.717, 1.165) is 6.42 Å². The van der Waals surface area contributed by atoms with E-state index >= 15 is 0 Å².